The van der Waals surface area contributed by atoms with Crippen molar-refractivity contribution in [3.05, 3.63) is 42.1 Å². The number of carbonyl (C=O) groups is 1. The molecule has 1 unspecified atom stereocenters. The largest absolute Gasteiger partial charge is 0.346 e. The molecule has 1 atom stereocenters. The van der Waals surface area contributed by atoms with Crippen molar-refractivity contribution in [2.75, 3.05) is 6.54 Å². The molecule has 1 aromatic carbocycles. The molecule has 0 spiro atoms. The summed E-state index contributed by atoms with van der Waals surface area (Å²) in [7, 11) is 0. The van der Waals surface area contributed by atoms with Crippen LogP contribution in [0.4, 0.5) is 0 Å². The number of nitrogens with zero attached hydrogens (tertiary/aromatic N) is 1. The highest BCUT2D eigenvalue weighted by molar-refractivity contribution is 6.06. The van der Waals surface area contributed by atoms with Crippen LogP contribution in [-0.4, -0.2) is 23.0 Å². The van der Waals surface area contributed by atoms with E-state index in [0.29, 0.717) is 18.0 Å². The Balaban J connectivity index is 2.30. The van der Waals surface area contributed by atoms with Crippen molar-refractivity contribution in [2.24, 2.45) is 11.7 Å². The molecule has 4 heteroatoms. The second-order valence-electron chi connectivity index (χ2n) is 6.19. The highest BCUT2D eigenvalue weighted by Gasteiger charge is 2.26. The molecular weight excluding hydrogens is 262 g/mol. The minimum Gasteiger partial charge on any atom is -0.346 e. The van der Waals surface area contributed by atoms with Crippen LogP contribution in [0.15, 0.2) is 36.5 Å². The Morgan fingerprint density at radius 3 is 2.71 bits per heavy atom. The number of carbonyl (C=O) groups excluding carboxylic acids is 1. The van der Waals surface area contributed by atoms with Crippen LogP contribution in [0, 0.1) is 5.92 Å². The van der Waals surface area contributed by atoms with Crippen molar-refractivity contribution >= 4 is 16.8 Å². The van der Waals surface area contributed by atoms with Crippen LogP contribution in [-0.2, 0) is 0 Å². The number of benzene rings is 1. The molecule has 1 aromatic heterocycles. The Labute approximate surface area is 125 Å². The zero-order chi connectivity index (χ0) is 15.5. The third kappa shape index (κ3) is 3.58. The molecule has 0 saturated carbocycles. The molecule has 1 amide bonds. The average Bonchev–Trinajstić information content (AvgIpc) is 2.45. The van der Waals surface area contributed by atoms with Crippen LogP contribution in [0.25, 0.3) is 10.9 Å². The summed E-state index contributed by atoms with van der Waals surface area (Å²) in [6.45, 7) is 6.66. The lowest BCUT2D eigenvalue weighted by Gasteiger charge is -2.31. The lowest BCUT2D eigenvalue weighted by molar-refractivity contribution is 0.0900. The van der Waals surface area contributed by atoms with Crippen molar-refractivity contribution < 1.29 is 4.79 Å². The fourth-order valence-corrected chi connectivity index (χ4v) is 2.72. The quantitative estimate of drug-likeness (QED) is 0.887. The van der Waals surface area contributed by atoms with E-state index in [1.165, 1.54) is 0 Å². The van der Waals surface area contributed by atoms with Gasteiger partial charge in [-0.25, -0.2) is 0 Å². The van der Waals surface area contributed by atoms with Gasteiger partial charge in [0, 0.05) is 23.7 Å². The average molecular weight is 285 g/mol. The summed E-state index contributed by atoms with van der Waals surface area (Å²) < 4.78 is 0. The maximum atomic E-state index is 12.6. The lowest BCUT2D eigenvalue weighted by atomic mass is 9.90. The summed E-state index contributed by atoms with van der Waals surface area (Å²) in [5.74, 6) is 0.371. The summed E-state index contributed by atoms with van der Waals surface area (Å²) in [6, 6.07) is 9.41. The maximum absolute atomic E-state index is 12.6. The molecule has 0 fully saturated rings. The third-order valence-corrected chi connectivity index (χ3v) is 3.62. The molecule has 3 N–H and O–H groups in total. The number of pyridine rings is 1. The zero-order valence-electron chi connectivity index (χ0n) is 12.9. The highest BCUT2D eigenvalue weighted by atomic mass is 16.1. The summed E-state index contributed by atoms with van der Waals surface area (Å²) in [4.78, 5) is 16.9. The van der Waals surface area contributed by atoms with E-state index in [9.17, 15) is 4.79 Å². The second kappa shape index (κ2) is 6.22. The Bertz CT molecular complexity index is 633. The number of rotatable bonds is 5. The van der Waals surface area contributed by atoms with Crippen molar-refractivity contribution in [3.8, 4) is 0 Å². The first-order valence-corrected chi connectivity index (χ1v) is 7.31. The molecule has 21 heavy (non-hydrogen) atoms. The molecular formula is C17H23N3O. The van der Waals surface area contributed by atoms with Crippen LogP contribution >= 0.6 is 0 Å². The Hall–Kier alpha value is -1.94. The minimum absolute atomic E-state index is 0.0952. The van der Waals surface area contributed by atoms with Gasteiger partial charge in [-0.15, -0.1) is 0 Å². The van der Waals surface area contributed by atoms with Gasteiger partial charge in [-0.1, -0.05) is 32.0 Å². The van der Waals surface area contributed by atoms with Gasteiger partial charge in [0.25, 0.3) is 5.91 Å². The van der Waals surface area contributed by atoms with E-state index >= 15 is 0 Å². The van der Waals surface area contributed by atoms with Crippen LogP contribution in [0.2, 0.25) is 0 Å². The number of nitrogens with two attached hydrogens (primary N) is 1. The monoisotopic (exact) mass is 285 g/mol. The standard InChI is InChI=1S/C17H23N3O/c1-12(2)10-17(3,11-18)20-16(21)14-8-9-19-15-7-5-4-6-13(14)15/h4-9,12H,10-11,18H2,1-3H3,(H,20,21). The van der Waals surface area contributed by atoms with Gasteiger partial charge in [-0.05, 0) is 31.4 Å². The molecule has 0 saturated heterocycles. The van der Waals surface area contributed by atoms with E-state index in [1.807, 2.05) is 31.2 Å². The van der Waals surface area contributed by atoms with E-state index in [1.54, 1.807) is 12.3 Å². The summed E-state index contributed by atoms with van der Waals surface area (Å²) in [5.41, 5.74) is 6.94. The molecule has 1 heterocycles. The smallest absolute Gasteiger partial charge is 0.252 e. The molecule has 2 rings (SSSR count). The fraction of sp³-hybridized carbons (Fsp3) is 0.412. The number of para-hydroxylation sites is 1. The summed E-state index contributed by atoms with van der Waals surface area (Å²) >= 11 is 0. The number of fused-ring (bicyclic) bond motifs is 1. The van der Waals surface area contributed by atoms with Gasteiger partial charge < -0.3 is 11.1 Å². The molecule has 0 aliphatic rings. The van der Waals surface area contributed by atoms with E-state index in [0.717, 1.165) is 17.3 Å². The molecule has 4 nitrogen and oxygen atoms in total. The topological polar surface area (TPSA) is 68.0 Å². The van der Waals surface area contributed by atoms with Crippen LogP contribution in [0.3, 0.4) is 0 Å². The predicted octanol–water partition coefficient (Wildman–Crippen LogP) is 2.73. The predicted molar refractivity (Wildman–Crippen MR) is 86.1 cm³/mol. The maximum Gasteiger partial charge on any atom is 0.252 e. The Morgan fingerprint density at radius 1 is 1.33 bits per heavy atom. The molecule has 112 valence electrons. The van der Waals surface area contributed by atoms with Crippen LogP contribution < -0.4 is 11.1 Å². The normalized spacial score (nSPS) is 14.1. The Morgan fingerprint density at radius 2 is 2.05 bits per heavy atom. The first-order chi connectivity index (χ1) is 9.95. The molecule has 2 aromatic rings. The number of amides is 1. The van der Waals surface area contributed by atoms with Gasteiger partial charge in [0.2, 0.25) is 0 Å². The summed E-state index contributed by atoms with van der Waals surface area (Å²) in [5, 5.41) is 3.95. The second-order valence-corrected chi connectivity index (χ2v) is 6.19. The number of nitrogens with one attached hydrogen (secondary N) is 1. The first kappa shape index (κ1) is 15.4. The first-order valence-electron chi connectivity index (χ1n) is 7.31. The molecule has 0 aliphatic carbocycles. The summed E-state index contributed by atoms with van der Waals surface area (Å²) in [6.07, 6.45) is 2.51. The van der Waals surface area contributed by atoms with E-state index in [-0.39, 0.29) is 5.91 Å². The van der Waals surface area contributed by atoms with Gasteiger partial charge in [0.15, 0.2) is 0 Å². The fourth-order valence-electron chi connectivity index (χ4n) is 2.72. The van der Waals surface area contributed by atoms with Crippen molar-refractivity contribution in [2.45, 2.75) is 32.7 Å². The highest BCUT2D eigenvalue weighted by Crippen LogP contribution is 2.19. The Kier molecular flexibility index (Phi) is 4.58. The van der Waals surface area contributed by atoms with Gasteiger partial charge in [0.1, 0.15) is 0 Å². The third-order valence-electron chi connectivity index (χ3n) is 3.62. The van der Waals surface area contributed by atoms with Gasteiger partial charge >= 0.3 is 0 Å². The van der Waals surface area contributed by atoms with Crippen molar-refractivity contribution in [1.29, 1.82) is 0 Å². The number of hydrogen-bond donors (Lipinski definition) is 2. The zero-order valence-corrected chi connectivity index (χ0v) is 12.9. The lowest BCUT2D eigenvalue weighted by Crippen LogP contribution is -2.52. The van der Waals surface area contributed by atoms with E-state index in [2.05, 4.69) is 24.1 Å². The van der Waals surface area contributed by atoms with Gasteiger partial charge in [-0.2, -0.15) is 0 Å². The van der Waals surface area contributed by atoms with Crippen molar-refractivity contribution in [3.63, 3.8) is 0 Å². The number of aromatic nitrogens is 1. The SMILES string of the molecule is CC(C)CC(C)(CN)NC(=O)c1ccnc2ccccc12. The van der Waals surface area contributed by atoms with E-state index in [4.69, 9.17) is 5.73 Å². The minimum atomic E-state index is -0.393. The van der Waals surface area contributed by atoms with Crippen LogP contribution in [0.1, 0.15) is 37.6 Å². The van der Waals surface area contributed by atoms with Crippen LogP contribution in [0.5, 0.6) is 0 Å². The number of hydrogen-bond acceptors (Lipinski definition) is 3. The van der Waals surface area contributed by atoms with E-state index < -0.39 is 5.54 Å². The molecule has 0 bridgehead atoms. The van der Waals surface area contributed by atoms with Crippen molar-refractivity contribution in [1.82, 2.24) is 10.3 Å². The van der Waals surface area contributed by atoms with Gasteiger partial charge in [0.05, 0.1) is 11.1 Å². The molecule has 0 aliphatic heterocycles. The van der Waals surface area contributed by atoms with Gasteiger partial charge in [-0.3, -0.25) is 9.78 Å². The molecule has 0 radical (unpaired) electrons.